The Labute approximate surface area is 174 Å². The SMILES string of the molecule is C=CCOC(=O)CCOCCOCCOCCOCCNCC(=O)OC(C)(C)C. The van der Waals surface area contributed by atoms with E-state index in [1.165, 1.54) is 6.08 Å². The Hall–Kier alpha value is -1.52. The van der Waals surface area contributed by atoms with Gasteiger partial charge >= 0.3 is 11.9 Å². The second-order valence-electron chi connectivity index (χ2n) is 6.93. The normalized spacial score (nSPS) is 11.3. The van der Waals surface area contributed by atoms with Gasteiger partial charge in [0.25, 0.3) is 0 Å². The Balaban J connectivity index is 3.20. The van der Waals surface area contributed by atoms with Gasteiger partial charge in [0.15, 0.2) is 0 Å². The maximum atomic E-state index is 11.5. The number of hydrogen-bond donors (Lipinski definition) is 1. The molecular weight excluding hydrogens is 382 g/mol. The molecular formula is C20H37NO8. The van der Waals surface area contributed by atoms with Gasteiger partial charge in [-0.25, -0.2) is 0 Å². The maximum absolute atomic E-state index is 11.5. The molecule has 0 amide bonds. The number of ether oxygens (including phenoxy) is 6. The van der Waals surface area contributed by atoms with Crippen molar-refractivity contribution in [3.63, 3.8) is 0 Å². The van der Waals surface area contributed by atoms with E-state index >= 15 is 0 Å². The number of carbonyl (C=O) groups is 2. The minimum absolute atomic E-state index is 0.164. The minimum Gasteiger partial charge on any atom is -0.461 e. The van der Waals surface area contributed by atoms with Gasteiger partial charge in [-0.2, -0.15) is 0 Å². The lowest BCUT2D eigenvalue weighted by Crippen LogP contribution is -2.33. The van der Waals surface area contributed by atoms with Crippen molar-refractivity contribution in [3.05, 3.63) is 12.7 Å². The zero-order valence-corrected chi connectivity index (χ0v) is 18.0. The fraction of sp³-hybridized carbons (Fsp3) is 0.800. The van der Waals surface area contributed by atoms with Gasteiger partial charge in [-0.15, -0.1) is 0 Å². The van der Waals surface area contributed by atoms with Crippen molar-refractivity contribution in [1.82, 2.24) is 5.32 Å². The molecule has 0 saturated carbocycles. The average Bonchev–Trinajstić information content (AvgIpc) is 2.64. The Kier molecular flexibility index (Phi) is 17.5. The van der Waals surface area contributed by atoms with E-state index in [4.69, 9.17) is 28.4 Å². The summed E-state index contributed by atoms with van der Waals surface area (Å²) in [5.41, 5.74) is -0.468. The van der Waals surface area contributed by atoms with E-state index < -0.39 is 5.60 Å². The lowest BCUT2D eigenvalue weighted by atomic mass is 10.2. The van der Waals surface area contributed by atoms with E-state index in [1.54, 1.807) is 0 Å². The Morgan fingerprint density at radius 1 is 0.828 bits per heavy atom. The Morgan fingerprint density at radius 3 is 1.86 bits per heavy atom. The van der Waals surface area contributed by atoms with Crippen LogP contribution in [0.1, 0.15) is 27.2 Å². The van der Waals surface area contributed by atoms with Crippen LogP contribution in [0.2, 0.25) is 0 Å². The molecule has 1 N–H and O–H groups in total. The summed E-state index contributed by atoms with van der Waals surface area (Å²) in [5, 5.41) is 2.96. The summed E-state index contributed by atoms with van der Waals surface area (Å²) in [7, 11) is 0. The summed E-state index contributed by atoms with van der Waals surface area (Å²) in [5.74, 6) is -0.586. The Bertz CT molecular complexity index is 437. The second kappa shape index (κ2) is 18.5. The van der Waals surface area contributed by atoms with Crippen LogP contribution in [0.25, 0.3) is 0 Å². The van der Waals surface area contributed by atoms with Gasteiger partial charge in [0, 0.05) is 6.54 Å². The van der Waals surface area contributed by atoms with Gasteiger partial charge in [0.05, 0.1) is 65.8 Å². The van der Waals surface area contributed by atoms with Crippen molar-refractivity contribution >= 4 is 11.9 Å². The van der Waals surface area contributed by atoms with Crippen molar-refractivity contribution in [2.24, 2.45) is 0 Å². The van der Waals surface area contributed by atoms with Crippen LogP contribution in [0, 0.1) is 0 Å². The fourth-order valence-electron chi connectivity index (χ4n) is 1.85. The monoisotopic (exact) mass is 419 g/mol. The molecule has 170 valence electrons. The summed E-state index contributed by atoms with van der Waals surface area (Å²) in [6.45, 7) is 13.4. The molecule has 0 atom stereocenters. The molecule has 0 fully saturated rings. The summed E-state index contributed by atoms with van der Waals surface area (Å²) in [4.78, 5) is 22.6. The third-order valence-electron chi connectivity index (χ3n) is 3.04. The molecule has 0 radical (unpaired) electrons. The van der Waals surface area contributed by atoms with E-state index in [1.807, 2.05) is 20.8 Å². The molecule has 0 aromatic carbocycles. The molecule has 29 heavy (non-hydrogen) atoms. The van der Waals surface area contributed by atoms with E-state index in [0.717, 1.165) is 0 Å². The van der Waals surface area contributed by atoms with Gasteiger partial charge in [-0.1, -0.05) is 12.7 Å². The molecule has 9 nitrogen and oxygen atoms in total. The number of esters is 2. The minimum atomic E-state index is -0.468. The lowest BCUT2D eigenvalue weighted by Gasteiger charge is -2.19. The summed E-state index contributed by atoms with van der Waals surface area (Å²) >= 11 is 0. The largest absolute Gasteiger partial charge is 0.461 e. The van der Waals surface area contributed by atoms with E-state index in [2.05, 4.69) is 11.9 Å². The van der Waals surface area contributed by atoms with Crippen LogP contribution in [-0.2, 0) is 38.0 Å². The molecule has 0 spiro atoms. The van der Waals surface area contributed by atoms with Crippen molar-refractivity contribution < 1.29 is 38.0 Å². The highest BCUT2D eigenvalue weighted by molar-refractivity contribution is 5.72. The number of nitrogens with one attached hydrogen (secondary N) is 1. The predicted octanol–water partition coefficient (Wildman–Crippen LogP) is 1.10. The molecule has 0 rings (SSSR count). The zero-order valence-electron chi connectivity index (χ0n) is 18.0. The summed E-state index contributed by atoms with van der Waals surface area (Å²) < 4.78 is 31.4. The summed E-state index contributed by atoms with van der Waals surface area (Å²) in [6, 6.07) is 0. The highest BCUT2D eigenvalue weighted by atomic mass is 16.6. The van der Waals surface area contributed by atoms with Crippen LogP contribution >= 0.6 is 0 Å². The van der Waals surface area contributed by atoms with Crippen LogP contribution < -0.4 is 5.32 Å². The van der Waals surface area contributed by atoms with Gasteiger partial charge in [-0.05, 0) is 20.8 Å². The number of carbonyl (C=O) groups excluding carboxylic acids is 2. The third kappa shape index (κ3) is 22.6. The number of rotatable bonds is 19. The van der Waals surface area contributed by atoms with Crippen molar-refractivity contribution in [1.29, 1.82) is 0 Å². The highest BCUT2D eigenvalue weighted by Gasteiger charge is 2.15. The molecule has 0 unspecified atom stereocenters. The predicted molar refractivity (Wildman–Crippen MR) is 108 cm³/mol. The standard InChI is InChI=1S/C20H37NO8/c1-5-8-28-18(22)6-9-24-11-13-26-15-16-27-14-12-25-10-7-21-17-19(23)29-20(2,3)4/h5,21H,1,6-17H2,2-4H3. The Morgan fingerprint density at radius 2 is 1.34 bits per heavy atom. The number of hydrogen-bond acceptors (Lipinski definition) is 9. The van der Waals surface area contributed by atoms with Crippen molar-refractivity contribution in [2.45, 2.75) is 32.8 Å². The first kappa shape index (κ1) is 27.5. The smallest absolute Gasteiger partial charge is 0.320 e. The molecule has 0 heterocycles. The molecule has 0 aliphatic rings. The van der Waals surface area contributed by atoms with E-state index in [-0.39, 0.29) is 31.5 Å². The fourth-order valence-corrected chi connectivity index (χ4v) is 1.85. The van der Waals surface area contributed by atoms with E-state index in [0.29, 0.717) is 59.4 Å². The van der Waals surface area contributed by atoms with Crippen LogP contribution in [0.5, 0.6) is 0 Å². The van der Waals surface area contributed by atoms with Gasteiger partial charge < -0.3 is 33.7 Å². The maximum Gasteiger partial charge on any atom is 0.320 e. The first-order valence-corrected chi connectivity index (χ1v) is 9.85. The average molecular weight is 420 g/mol. The van der Waals surface area contributed by atoms with Crippen LogP contribution in [-0.4, -0.2) is 90.1 Å². The highest BCUT2D eigenvalue weighted by Crippen LogP contribution is 2.05. The zero-order chi connectivity index (χ0) is 21.8. The van der Waals surface area contributed by atoms with Crippen LogP contribution in [0.15, 0.2) is 12.7 Å². The van der Waals surface area contributed by atoms with Crippen LogP contribution in [0.3, 0.4) is 0 Å². The van der Waals surface area contributed by atoms with Crippen molar-refractivity contribution in [2.75, 3.05) is 72.6 Å². The van der Waals surface area contributed by atoms with Crippen molar-refractivity contribution in [3.8, 4) is 0 Å². The molecule has 0 saturated heterocycles. The van der Waals surface area contributed by atoms with Gasteiger partial charge in [-0.3, -0.25) is 9.59 Å². The summed E-state index contributed by atoms with van der Waals surface area (Å²) in [6.07, 6.45) is 1.74. The quantitative estimate of drug-likeness (QED) is 0.187. The van der Waals surface area contributed by atoms with Gasteiger partial charge in [0.2, 0.25) is 0 Å². The molecule has 0 aliphatic heterocycles. The third-order valence-corrected chi connectivity index (χ3v) is 3.04. The topological polar surface area (TPSA) is 102 Å². The second-order valence-corrected chi connectivity index (χ2v) is 6.93. The molecule has 0 aromatic rings. The van der Waals surface area contributed by atoms with Gasteiger partial charge in [0.1, 0.15) is 12.2 Å². The first-order valence-electron chi connectivity index (χ1n) is 9.85. The van der Waals surface area contributed by atoms with Crippen LogP contribution in [0.4, 0.5) is 0 Å². The first-order chi connectivity index (χ1) is 13.8. The molecule has 9 heteroatoms. The molecule has 0 aromatic heterocycles. The van der Waals surface area contributed by atoms with E-state index in [9.17, 15) is 9.59 Å². The molecule has 0 aliphatic carbocycles. The molecule has 0 bridgehead atoms. The lowest BCUT2D eigenvalue weighted by molar-refractivity contribution is -0.153.